The van der Waals surface area contributed by atoms with Crippen LogP contribution in [0.2, 0.25) is 0 Å². The van der Waals surface area contributed by atoms with Crippen molar-refractivity contribution in [3.05, 3.63) is 35.9 Å². The van der Waals surface area contributed by atoms with Gasteiger partial charge in [0.1, 0.15) is 48.3 Å². The number of hydrogen-bond acceptors (Lipinski definition) is 9. The fourth-order valence-corrected chi connectivity index (χ4v) is 7.52. The van der Waals surface area contributed by atoms with Crippen molar-refractivity contribution in [1.29, 1.82) is 0 Å². The van der Waals surface area contributed by atoms with Gasteiger partial charge in [-0.1, -0.05) is 125 Å². The monoisotopic (exact) mass is 912 g/mol. The Morgan fingerprint density at radius 3 is 1.28 bits per heavy atom. The number of amides is 8. The molecule has 8 amide bonds. The molecule has 65 heavy (non-hydrogen) atoms. The Kier molecular flexibility index (Phi) is 24.2. The zero-order valence-corrected chi connectivity index (χ0v) is 40.8. The van der Waals surface area contributed by atoms with E-state index >= 15 is 0 Å². The molecule has 12 unspecified atom stereocenters. The summed E-state index contributed by atoms with van der Waals surface area (Å²) in [4.78, 5) is 113. The molecule has 12 atom stereocenters. The minimum Gasteiger partial charge on any atom is -0.343 e. The third-order valence-electron chi connectivity index (χ3n) is 12.8. The van der Waals surface area contributed by atoms with Gasteiger partial charge in [-0.15, -0.1) is 0 Å². The van der Waals surface area contributed by atoms with Gasteiger partial charge < -0.3 is 48.3 Å². The third-order valence-corrected chi connectivity index (χ3v) is 12.8. The zero-order valence-electron chi connectivity index (χ0n) is 40.8. The normalized spacial score (nSPS) is 27.0. The van der Waals surface area contributed by atoms with Crippen LogP contribution in [0.1, 0.15) is 133 Å². The van der Waals surface area contributed by atoms with Crippen molar-refractivity contribution in [1.82, 2.24) is 42.5 Å². The molecular formula is C48H81N9O8. The maximum absolute atomic E-state index is 14.4. The number of hydrogen-bond donors (Lipinski definition) is 9. The van der Waals surface area contributed by atoms with Crippen LogP contribution in [0.4, 0.5) is 0 Å². The van der Waals surface area contributed by atoms with Gasteiger partial charge >= 0.3 is 0 Å². The highest BCUT2D eigenvalue weighted by molar-refractivity contribution is 5.99. The van der Waals surface area contributed by atoms with Gasteiger partial charge in [-0.05, 0) is 74.3 Å². The van der Waals surface area contributed by atoms with Crippen LogP contribution >= 0.6 is 0 Å². The quantitative estimate of drug-likeness (QED) is 0.110. The first-order chi connectivity index (χ1) is 30.7. The van der Waals surface area contributed by atoms with E-state index in [4.69, 9.17) is 5.73 Å². The summed E-state index contributed by atoms with van der Waals surface area (Å²) in [6.07, 6.45) is 3.36. The van der Waals surface area contributed by atoms with Gasteiger partial charge in [0.05, 0.1) is 0 Å². The van der Waals surface area contributed by atoms with Crippen LogP contribution in [0, 0.1) is 29.6 Å². The topological polar surface area (TPSA) is 259 Å². The maximum Gasteiger partial charge on any atom is 0.243 e. The summed E-state index contributed by atoms with van der Waals surface area (Å²) in [7, 11) is 0. The van der Waals surface area contributed by atoms with E-state index in [-0.39, 0.29) is 25.2 Å². The molecule has 0 bridgehead atoms. The number of benzene rings is 1. The molecule has 0 radical (unpaired) electrons. The highest BCUT2D eigenvalue weighted by atomic mass is 16.2. The molecule has 0 aliphatic carbocycles. The maximum atomic E-state index is 14.4. The fraction of sp³-hybridized carbons (Fsp3) is 0.708. The molecule has 1 aromatic carbocycles. The first-order valence-corrected chi connectivity index (χ1v) is 23.9. The van der Waals surface area contributed by atoms with Crippen molar-refractivity contribution in [3.63, 3.8) is 0 Å². The number of rotatable bonds is 16. The van der Waals surface area contributed by atoms with Crippen LogP contribution < -0.4 is 48.3 Å². The van der Waals surface area contributed by atoms with Gasteiger partial charge in [0.15, 0.2) is 0 Å². The van der Waals surface area contributed by atoms with Crippen LogP contribution in [0.3, 0.4) is 0 Å². The number of carbonyl (C=O) groups excluding carboxylic acids is 8. The fourth-order valence-electron chi connectivity index (χ4n) is 7.52. The van der Waals surface area contributed by atoms with Crippen molar-refractivity contribution >= 4 is 47.3 Å². The number of nitrogens with one attached hydrogen (secondary N) is 8. The Labute approximate surface area is 387 Å². The van der Waals surface area contributed by atoms with Gasteiger partial charge in [-0.25, -0.2) is 0 Å². The lowest BCUT2D eigenvalue weighted by Gasteiger charge is -2.32. The lowest BCUT2D eigenvalue weighted by atomic mass is 9.93. The molecule has 0 saturated carbocycles. The van der Waals surface area contributed by atoms with Crippen LogP contribution in [0.15, 0.2) is 30.3 Å². The smallest absolute Gasteiger partial charge is 0.243 e. The molecule has 10 N–H and O–H groups in total. The van der Waals surface area contributed by atoms with Crippen LogP contribution in [-0.4, -0.2) is 102 Å². The van der Waals surface area contributed by atoms with E-state index in [9.17, 15) is 38.4 Å². The second kappa shape index (κ2) is 28.1. The lowest BCUT2D eigenvalue weighted by Crippen LogP contribution is -2.63. The SMILES string of the molecule is CCC(C)C1NC(=O)C(C)NC(=O)C(C(C)CC)NC(=O)C(CCCCN)NC(=O)C(C(C)CC)NC(=O)C(C(C)CC)NC(=O)C(Cc2ccccc2)NC(=O)C(CC(C)C)NC1=O. The van der Waals surface area contributed by atoms with Crippen LogP contribution in [-0.2, 0) is 44.8 Å². The number of unbranched alkanes of at least 4 members (excludes halogenated alkanes) is 1. The van der Waals surface area contributed by atoms with Crippen molar-refractivity contribution < 1.29 is 38.4 Å². The van der Waals surface area contributed by atoms with E-state index in [1.165, 1.54) is 6.92 Å². The minimum atomic E-state index is -1.20. The molecular weight excluding hydrogens is 831 g/mol. The molecule has 366 valence electrons. The molecule has 0 aromatic heterocycles. The zero-order chi connectivity index (χ0) is 49.0. The predicted molar refractivity (Wildman–Crippen MR) is 251 cm³/mol. The second-order valence-corrected chi connectivity index (χ2v) is 18.5. The van der Waals surface area contributed by atoms with Crippen LogP contribution in [0.25, 0.3) is 0 Å². The minimum absolute atomic E-state index is 0.0498. The standard InChI is InChI=1S/C48H81N9O8/c1-12-28(7)37-45(62)50-32(11)41(58)54-38(29(8)13-2)47(64)53-35(25-27(5)6)43(60)52-36(26-33-21-17-16-18-22-33)44(61)56-40(31(10)15-4)48(65)57-39(30(9)14-3)46(63)51-34(42(59)55-37)23-19-20-24-49/h16-18,21-22,27-32,34-40H,12-15,19-20,23-26,49H2,1-11H3,(H,50,62)(H,51,63)(H,52,60)(H,53,64)(H,54,58)(H,55,59)(H,56,61)(H,57,65). The third kappa shape index (κ3) is 17.7. The summed E-state index contributed by atoms with van der Waals surface area (Å²) in [5, 5.41) is 22.6. The van der Waals surface area contributed by atoms with E-state index in [2.05, 4.69) is 42.5 Å². The highest BCUT2D eigenvalue weighted by Gasteiger charge is 2.38. The molecule has 1 aliphatic rings. The van der Waals surface area contributed by atoms with Gasteiger partial charge in [0, 0.05) is 6.42 Å². The summed E-state index contributed by atoms with van der Waals surface area (Å²) >= 11 is 0. The lowest BCUT2D eigenvalue weighted by molar-refractivity contribution is -0.138. The Hall–Kier alpha value is -5.06. The predicted octanol–water partition coefficient (Wildman–Crippen LogP) is 2.50. The van der Waals surface area contributed by atoms with Gasteiger partial charge in [-0.2, -0.15) is 0 Å². The molecule has 1 fully saturated rings. The molecule has 17 heteroatoms. The first-order valence-electron chi connectivity index (χ1n) is 23.9. The average molecular weight is 912 g/mol. The number of nitrogens with two attached hydrogens (primary N) is 1. The second-order valence-electron chi connectivity index (χ2n) is 18.5. The van der Waals surface area contributed by atoms with Gasteiger partial charge in [0.2, 0.25) is 47.3 Å². The Morgan fingerprint density at radius 2 is 0.831 bits per heavy atom. The van der Waals surface area contributed by atoms with Crippen LogP contribution in [0.5, 0.6) is 0 Å². The molecule has 17 nitrogen and oxygen atoms in total. The van der Waals surface area contributed by atoms with Crippen molar-refractivity contribution in [2.45, 2.75) is 182 Å². The van der Waals surface area contributed by atoms with E-state index in [0.717, 1.165) is 5.56 Å². The molecule has 2 rings (SSSR count). The average Bonchev–Trinajstić information content (AvgIpc) is 3.28. The first kappa shape index (κ1) is 56.1. The summed E-state index contributed by atoms with van der Waals surface area (Å²) in [5.74, 6) is -6.80. The van der Waals surface area contributed by atoms with Crippen molar-refractivity contribution in [2.24, 2.45) is 35.3 Å². The van der Waals surface area contributed by atoms with Gasteiger partial charge in [0.25, 0.3) is 0 Å². The number of carbonyl (C=O) groups is 8. The molecule has 0 spiro atoms. The summed E-state index contributed by atoms with van der Waals surface area (Å²) in [6.45, 7) is 20.2. The van der Waals surface area contributed by atoms with E-state index < -0.39 is 119 Å². The summed E-state index contributed by atoms with van der Waals surface area (Å²) in [6, 6.07) is -0.0274. The Morgan fingerprint density at radius 1 is 0.462 bits per heavy atom. The summed E-state index contributed by atoms with van der Waals surface area (Å²) < 4.78 is 0. The molecule has 1 saturated heterocycles. The van der Waals surface area contributed by atoms with Gasteiger partial charge in [-0.3, -0.25) is 38.4 Å². The largest absolute Gasteiger partial charge is 0.343 e. The van der Waals surface area contributed by atoms with Crippen molar-refractivity contribution in [3.8, 4) is 0 Å². The highest BCUT2D eigenvalue weighted by Crippen LogP contribution is 2.17. The van der Waals surface area contributed by atoms with E-state index in [1.807, 2.05) is 59.7 Å². The molecule has 1 aromatic rings. The molecule has 1 heterocycles. The summed E-state index contributed by atoms with van der Waals surface area (Å²) in [5.41, 5.74) is 6.51. The van der Waals surface area contributed by atoms with Crippen molar-refractivity contribution in [2.75, 3.05) is 6.54 Å². The van der Waals surface area contributed by atoms with E-state index in [1.54, 1.807) is 39.8 Å². The van der Waals surface area contributed by atoms with E-state index in [0.29, 0.717) is 45.1 Å². The molecule has 1 aliphatic heterocycles. The Balaban J connectivity index is 2.81. The Bertz CT molecular complexity index is 1730.